The molecular weight excluding hydrogens is 300 g/mol. The molecule has 0 amide bonds. The standard InChI is InChI=1S/C16H19ClN4O/c1-11-3-4-13(9-14(11)17)20-15-10-16(19-12(2)18-15)21-5-7-22-8-6-21/h3-4,9-10H,5-8H2,1-2H3,(H,18,19,20). The fourth-order valence-electron chi connectivity index (χ4n) is 2.39. The Labute approximate surface area is 135 Å². The smallest absolute Gasteiger partial charge is 0.136 e. The topological polar surface area (TPSA) is 50.3 Å². The number of aromatic nitrogens is 2. The van der Waals surface area contributed by atoms with Gasteiger partial charge in [-0.05, 0) is 31.5 Å². The first-order valence-electron chi connectivity index (χ1n) is 7.33. The molecule has 0 saturated carbocycles. The highest BCUT2D eigenvalue weighted by molar-refractivity contribution is 6.31. The molecule has 0 radical (unpaired) electrons. The fraction of sp³-hybridized carbons (Fsp3) is 0.375. The van der Waals surface area contributed by atoms with Crippen LogP contribution >= 0.6 is 11.6 Å². The molecule has 5 nitrogen and oxygen atoms in total. The van der Waals surface area contributed by atoms with Crippen LogP contribution in [0.25, 0.3) is 0 Å². The van der Waals surface area contributed by atoms with Crippen LogP contribution in [0.5, 0.6) is 0 Å². The molecule has 0 atom stereocenters. The highest BCUT2D eigenvalue weighted by Crippen LogP contribution is 2.24. The van der Waals surface area contributed by atoms with Gasteiger partial charge in [0.15, 0.2) is 0 Å². The van der Waals surface area contributed by atoms with Gasteiger partial charge in [0.05, 0.1) is 13.2 Å². The van der Waals surface area contributed by atoms with Crippen molar-refractivity contribution in [3.8, 4) is 0 Å². The summed E-state index contributed by atoms with van der Waals surface area (Å²) in [6.07, 6.45) is 0. The van der Waals surface area contributed by atoms with Gasteiger partial charge >= 0.3 is 0 Å². The quantitative estimate of drug-likeness (QED) is 0.940. The average Bonchev–Trinajstić information content (AvgIpc) is 2.51. The first-order valence-corrected chi connectivity index (χ1v) is 7.71. The Kier molecular flexibility index (Phi) is 4.45. The zero-order valence-corrected chi connectivity index (χ0v) is 13.5. The summed E-state index contributed by atoms with van der Waals surface area (Å²) < 4.78 is 5.39. The van der Waals surface area contributed by atoms with Crippen molar-refractivity contribution < 1.29 is 4.74 Å². The Balaban J connectivity index is 1.83. The van der Waals surface area contributed by atoms with Gasteiger partial charge in [-0.15, -0.1) is 0 Å². The predicted octanol–water partition coefficient (Wildman–Crippen LogP) is 3.33. The highest BCUT2D eigenvalue weighted by Gasteiger charge is 2.14. The second-order valence-electron chi connectivity index (χ2n) is 5.35. The number of nitrogens with zero attached hydrogens (tertiary/aromatic N) is 3. The van der Waals surface area contributed by atoms with Crippen LogP contribution in [-0.4, -0.2) is 36.3 Å². The molecule has 0 spiro atoms. The van der Waals surface area contributed by atoms with E-state index in [2.05, 4.69) is 20.2 Å². The minimum atomic E-state index is 0.735. The van der Waals surface area contributed by atoms with Gasteiger partial charge in [0.25, 0.3) is 0 Å². The molecule has 1 aliphatic rings. The SMILES string of the molecule is Cc1nc(Nc2ccc(C)c(Cl)c2)cc(N2CCOCC2)n1. The van der Waals surface area contributed by atoms with Crippen molar-refractivity contribution in [2.24, 2.45) is 0 Å². The number of hydrogen-bond donors (Lipinski definition) is 1. The van der Waals surface area contributed by atoms with Crippen LogP contribution in [0.4, 0.5) is 17.3 Å². The van der Waals surface area contributed by atoms with E-state index in [0.717, 1.165) is 60.0 Å². The van der Waals surface area contributed by atoms with E-state index < -0.39 is 0 Å². The summed E-state index contributed by atoms with van der Waals surface area (Å²) in [6.45, 7) is 7.06. The number of rotatable bonds is 3. The molecule has 0 bridgehead atoms. The van der Waals surface area contributed by atoms with E-state index in [4.69, 9.17) is 16.3 Å². The Hall–Kier alpha value is -1.85. The third kappa shape index (κ3) is 3.48. The van der Waals surface area contributed by atoms with Gasteiger partial charge in [-0.2, -0.15) is 0 Å². The Morgan fingerprint density at radius 1 is 1.14 bits per heavy atom. The molecule has 0 unspecified atom stereocenters. The van der Waals surface area contributed by atoms with Gasteiger partial charge in [0.2, 0.25) is 0 Å². The number of morpholine rings is 1. The molecule has 1 saturated heterocycles. The number of halogens is 1. The second kappa shape index (κ2) is 6.50. The first kappa shape index (κ1) is 15.1. The van der Waals surface area contributed by atoms with E-state index >= 15 is 0 Å². The lowest BCUT2D eigenvalue weighted by molar-refractivity contribution is 0.122. The number of benzene rings is 1. The highest BCUT2D eigenvalue weighted by atomic mass is 35.5. The Morgan fingerprint density at radius 2 is 1.91 bits per heavy atom. The monoisotopic (exact) mass is 318 g/mol. The predicted molar refractivity (Wildman–Crippen MR) is 89.3 cm³/mol. The van der Waals surface area contributed by atoms with E-state index in [9.17, 15) is 0 Å². The molecular formula is C16H19ClN4O. The molecule has 116 valence electrons. The van der Waals surface area contributed by atoms with Crippen molar-refractivity contribution in [2.45, 2.75) is 13.8 Å². The lowest BCUT2D eigenvalue weighted by atomic mass is 10.2. The second-order valence-corrected chi connectivity index (χ2v) is 5.75. The molecule has 0 aliphatic carbocycles. The van der Waals surface area contributed by atoms with Crippen LogP contribution in [0.2, 0.25) is 5.02 Å². The average molecular weight is 319 g/mol. The van der Waals surface area contributed by atoms with Gasteiger partial charge in [0.1, 0.15) is 17.5 Å². The number of anilines is 3. The van der Waals surface area contributed by atoms with E-state index in [0.29, 0.717) is 0 Å². The molecule has 2 heterocycles. The lowest BCUT2D eigenvalue weighted by Gasteiger charge is -2.28. The van der Waals surface area contributed by atoms with Crippen molar-refractivity contribution >= 4 is 28.9 Å². The zero-order valence-electron chi connectivity index (χ0n) is 12.8. The molecule has 1 aliphatic heterocycles. The summed E-state index contributed by atoms with van der Waals surface area (Å²) in [5.41, 5.74) is 1.97. The summed E-state index contributed by atoms with van der Waals surface area (Å²) >= 11 is 6.17. The van der Waals surface area contributed by atoms with Crippen molar-refractivity contribution in [3.63, 3.8) is 0 Å². The van der Waals surface area contributed by atoms with Gasteiger partial charge < -0.3 is 15.0 Å². The van der Waals surface area contributed by atoms with E-state index in [1.165, 1.54) is 0 Å². The third-order valence-corrected chi connectivity index (χ3v) is 4.01. The van der Waals surface area contributed by atoms with E-state index in [1.807, 2.05) is 38.1 Å². The zero-order chi connectivity index (χ0) is 15.5. The largest absolute Gasteiger partial charge is 0.378 e. The van der Waals surface area contributed by atoms with Crippen molar-refractivity contribution in [1.82, 2.24) is 9.97 Å². The van der Waals surface area contributed by atoms with Crippen LogP contribution in [-0.2, 0) is 4.74 Å². The molecule has 22 heavy (non-hydrogen) atoms. The fourth-order valence-corrected chi connectivity index (χ4v) is 2.57. The van der Waals surface area contributed by atoms with Gasteiger partial charge in [-0.3, -0.25) is 0 Å². The summed E-state index contributed by atoms with van der Waals surface area (Å²) in [5, 5.41) is 4.04. The van der Waals surface area contributed by atoms with Crippen molar-refractivity contribution in [3.05, 3.63) is 40.7 Å². The van der Waals surface area contributed by atoms with Crippen molar-refractivity contribution in [1.29, 1.82) is 0 Å². The molecule has 2 aromatic rings. The van der Waals surface area contributed by atoms with Crippen LogP contribution in [0.3, 0.4) is 0 Å². The number of ether oxygens (including phenoxy) is 1. The minimum absolute atomic E-state index is 0.735. The van der Waals surface area contributed by atoms with Gasteiger partial charge in [0, 0.05) is 29.9 Å². The molecule has 1 aromatic carbocycles. The molecule has 1 N–H and O–H groups in total. The molecule has 1 aromatic heterocycles. The molecule has 6 heteroatoms. The minimum Gasteiger partial charge on any atom is -0.378 e. The van der Waals surface area contributed by atoms with E-state index in [-0.39, 0.29) is 0 Å². The maximum absolute atomic E-state index is 6.17. The number of aryl methyl sites for hydroxylation is 2. The number of hydrogen-bond acceptors (Lipinski definition) is 5. The number of nitrogens with one attached hydrogen (secondary N) is 1. The van der Waals surface area contributed by atoms with Crippen LogP contribution in [0.1, 0.15) is 11.4 Å². The normalized spacial score (nSPS) is 15.0. The summed E-state index contributed by atoms with van der Waals surface area (Å²) in [6, 6.07) is 7.85. The maximum atomic E-state index is 6.17. The summed E-state index contributed by atoms with van der Waals surface area (Å²) in [5.74, 6) is 2.44. The molecule has 3 rings (SSSR count). The van der Waals surface area contributed by atoms with Gasteiger partial charge in [-0.1, -0.05) is 17.7 Å². The Bertz CT molecular complexity index is 671. The van der Waals surface area contributed by atoms with Gasteiger partial charge in [-0.25, -0.2) is 9.97 Å². The first-order chi connectivity index (χ1) is 10.6. The van der Waals surface area contributed by atoms with Crippen LogP contribution in [0.15, 0.2) is 24.3 Å². The Morgan fingerprint density at radius 3 is 2.64 bits per heavy atom. The maximum Gasteiger partial charge on any atom is 0.136 e. The molecule has 1 fully saturated rings. The van der Waals surface area contributed by atoms with Crippen LogP contribution < -0.4 is 10.2 Å². The van der Waals surface area contributed by atoms with Crippen LogP contribution in [0, 0.1) is 13.8 Å². The summed E-state index contributed by atoms with van der Waals surface area (Å²) in [4.78, 5) is 11.2. The third-order valence-electron chi connectivity index (χ3n) is 3.60. The lowest BCUT2D eigenvalue weighted by Crippen LogP contribution is -2.36. The van der Waals surface area contributed by atoms with E-state index in [1.54, 1.807) is 0 Å². The van der Waals surface area contributed by atoms with Crippen molar-refractivity contribution in [2.75, 3.05) is 36.5 Å². The summed E-state index contributed by atoms with van der Waals surface area (Å²) in [7, 11) is 0.